The van der Waals surface area contributed by atoms with Crippen molar-refractivity contribution in [1.29, 1.82) is 0 Å². The smallest absolute Gasteiger partial charge is 0.422 e. The monoisotopic (exact) mass is 331 g/mol. The zero-order chi connectivity index (χ0) is 17.6. The summed E-state index contributed by atoms with van der Waals surface area (Å²) in [6, 6.07) is 7.29. The number of hydrogen-bond donors (Lipinski definition) is 0. The Morgan fingerprint density at radius 2 is 1.83 bits per heavy atom. The van der Waals surface area contributed by atoms with Crippen molar-refractivity contribution >= 4 is 11.9 Å². The first-order valence-corrected chi connectivity index (χ1v) is 7.17. The number of amides is 1. The fraction of sp³-hybridized carbons (Fsp3) is 0.500. The van der Waals surface area contributed by atoms with E-state index in [0.29, 0.717) is 0 Å². The Kier molecular flexibility index (Phi) is 6.60. The van der Waals surface area contributed by atoms with Gasteiger partial charge in [-0.25, -0.2) is 4.79 Å². The molecular formula is C16H20F3NO3. The van der Waals surface area contributed by atoms with Gasteiger partial charge < -0.3 is 9.64 Å². The van der Waals surface area contributed by atoms with E-state index in [1.54, 1.807) is 12.1 Å². The molecule has 0 saturated carbocycles. The number of carbonyl (C=O) groups excluding carboxylic acids is 2. The Hall–Kier alpha value is -2.05. The molecule has 0 aromatic heterocycles. The van der Waals surface area contributed by atoms with Crippen molar-refractivity contribution in [1.82, 2.24) is 4.90 Å². The third kappa shape index (κ3) is 6.71. The fourth-order valence-electron chi connectivity index (χ4n) is 1.99. The van der Waals surface area contributed by atoms with Gasteiger partial charge in [0.25, 0.3) is 0 Å². The van der Waals surface area contributed by atoms with Crippen molar-refractivity contribution in [2.24, 2.45) is 5.92 Å². The maximum atomic E-state index is 12.1. The topological polar surface area (TPSA) is 46.6 Å². The van der Waals surface area contributed by atoms with Gasteiger partial charge in [-0.1, -0.05) is 38.1 Å². The van der Waals surface area contributed by atoms with Crippen LogP contribution in [0.15, 0.2) is 24.3 Å². The first kappa shape index (κ1) is 19.0. The van der Waals surface area contributed by atoms with Gasteiger partial charge in [0.15, 0.2) is 6.61 Å². The van der Waals surface area contributed by atoms with Crippen LogP contribution in [-0.4, -0.2) is 36.1 Å². The van der Waals surface area contributed by atoms with E-state index in [2.05, 4.69) is 4.74 Å². The number of aryl methyl sites for hydroxylation is 1. The third-order valence-electron chi connectivity index (χ3n) is 3.04. The minimum absolute atomic E-state index is 0.0541. The molecule has 0 saturated heterocycles. The quantitative estimate of drug-likeness (QED) is 0.615. The molecule has 4 nitrogen and oxygen atoms in total. The molecule has 1 aromatic carbocycles. The molecule has 0 heterocycles. The molecule has 0 bridgehead atoms. The van der Waals surface area contributed by atoms with Gasteiger partial charge in [0.1, 0.15) is 0 Å². The first-order valence-electron chi connectivity index (χ1n) is 7.17. The third-order valence-corrected chi connectivity index (χ3v) is 3.04. The molecule has 0 fully saturated rings. The van der Waals surface area contributed by atoms with Gasteiger partial charge in [0.2, 0.25) is 0 Å². The van der Waals surface area contributed by atoms with Gasteiger partial charge in [-0.2, -0.15) is 13.2 Å². The van der Waals surface area contributed by atoms with Crippen LogP contribution in [0.4, 0.5) is 13.2 Å². The van der Waals surface area contributed by atoms with E-state index in [0.717, 1.165) is 11.1 Å². The van der Waals surface area contributed by atoms with Gasteiger partial charge in [0, 0.05) is 13.1 Å². The molecule has 0 radical (unpaired) electrons. The molecule has 7 heteroatoms. The van der Waals surface area contributed by atoms with Crippen molar-refractivity contribution in [3.8, 4) is 0 Å². The van der Waals surface area contributed by atoms with Crippen molar-refractivity contribution in [3.63, 3.8) is 0 Å². The zero-order valence-electron chi connectivity index (χ0n) is 13.3. The molecule has 1 rings (SSSR count). The van der Waals surface area contributed by atoms with Crippen LogP contribution in [0, 0.1) is 12.8 Å². The number of rotatable bonds is 5. The van der Waals surface area contributed by atoms with Crippen LogP contribution in [0.2, 0.25) is 0 Å². The van der Waals surface area contributed by atoms with E-state index in [1.807, 2.05) is 32.9 Å². The average Bonchev–Trinajstić information content (AvgIpc) is 2.44. The predicted molar refractivity (Wildman–Crippen MR) is 78.4 cm³/mol. The fourth-order valence-corrected chi connectivity index (χ4v) is 1.99. The van der Waals surface area contributed by atoms with E-state index < -0.39 is 24.7 Å². The Morgan fingerprint density at radius 3 is 2.35 bits per heavy atom. The van der Waals surface area contributed by atoms with E-state index in [-0.39, 0.29) is 19.0 Å². The highest BCUT2D eigenvalue weighted by Crippen LogP contribution is 2.16. The number of carbonyl (C=O) groups is 2. The Balaban J connectivity index is 2.82. The SMILES string of the molecule is Cc1ccccc1CN(CC(C)C)C(=O)C(=O)OCC(F)(F)F. The summed E-state index contributed by atoms with van der Waals surface area (Å²) < 4.78 is 40.3. The number of hydrogen-bond acceptors (Lipinski definition) is 3. The molecule has 128 valence electrons. The molecule has 0 N–H and O–H groups in total. The zero-order valence-corrected chi connectivity index (χ0v) is 13.3. The number of alkyl halides is 3. The van der Waals surface area contributed by atoms with Crippen LogP contribution in [0.3, 0.4) is 0 Å². The minimum Gasteiger partial charge on any atom is -0.449 e. The number of nitrogens with zero attached hydrogens (tertiary/aromatic N) is 1. The summed E-state index contributed by atoms with van der Waals surface area (Å²) >= 11 is 0. The summed E-state index contributed by atoms with van der Waals surface area (Å²) in [5, 5.41) is 0. The van der Waals surface area contributed by atoms with Crippen molar-refractivity contribution < 1.29 is 27.5 Å². The van der Waals surface area contributed by atoms with Gasteiger partial charge in [-0.3, -0.25) is 4.79 Å². The lowest BCUT2D eigenvalue weighted by molar-refractivity contribution is -0.189. The van der Waals surface area contributed by atoms with E-state index in [1.165, 1.54) is 4.90 Å². The molecule has 0 aliphatic rings. The second kappa shape index (κ2) is 7.99. The molecule has 1 aromatic rings. The van der Waals surface area contributed by atoms with Gasteiger partial charge in [0.05, 0.1) is 0 Å². The van der Waals surface area contributed by atoms with Gasteiger partial charge in [-0.15, -0.1) is 0 Å². The molecule has 0 aliphatic carbocycles. The lowest BCUT2D eigenvalue weighted by atomic mass is 10.1. The van der Waals surface area contributed by atoms with Crippen LogP contribution in [-0.2, 0) is 20.9 Å². The van der Waals surface area contributed by atoms with Gasteiger partial charge >= 0.3 is 18.1 Å². The maximum absolute atomic E-state index is 12.1. The van der Waals surface area contributed by atoms with Crippen LogP contribution in [0.5, 0.6) is 0 Å². The standard InChI is InChI=1S/C16H20F3NO3/c1-11(2)8-20(9-13-7-5-4-6-12(13)3)14(21)15(22)23-10-16(17,18)19/h4-7,11H,8-10H2,1-3H3. The average molecular weight is 331 g/mol. The highest BCUT2D eigenvalue weighted by atomic mass is 19.4. The lowest BCUT2D eigenvalue weighted by Crippen LogP contribution is -2.40. The Labute approximate surface area is 133 Å². The van der Waals surface area contributed by atoms with Crippen LogP contribution in [0.1, 0.15) is 25.0 Å². The summed E-state index contributed by atoms with van der Waals surface area (Å²) in [5.41, 5.74) is 1.75. The number of esters is 1. The molecule has 0 atom stereocenters. The number of ether oxygens (including phenoxy) is 1. The van der Waals surface area contributed by atoms with Crippen LogP contribution >= 0.6 is 0 Å². The maximum Gasteiger partial charge on any atom is 0.422 e. The molecule has 0 aliphatic heterocycles. The lowest BCUT2D eigenvalue weighted by Gasteiger charge is -2.24. The van der Waals surface area contributed by atoms with E-state index >= 15 is 0 Å². The molecular weight excluding hydrogens is 311 g/mol. The van der Waals surface area contributed by atoms with Crippen molar-refractivity contribution in [3.05, 3.63) is 35.4 Å². The molecule has 0 spiro atoms. The van der Waals surface area contributed by atoms with E-state index in [9.17, 15) is 22.8 Å². The Morgan fingerprint density at radius 1 is 1.22 bits per heavy atom. The normalized spacial score (nSPS) is 11.4. The molecule has 0 unspecified atom stereocenters. The van der Waals surface area contributed by atoms with Crippen molar-refractivity contribution in [2.75, 3.05) is 13.2 Å². The number of benzene rings is 1. The summed E-state index contributed by atoms with van der Waals surface area (Å²) in [5.74, 6) is -2.50. The summed E-state index contributed by atoms with van der Waals surface area (Å²) in [7, 11) is 0. The number of halogens is 3. The van der Waals surface area contributed by atoms with Crippen molar-refractivity contribution in [2.45, 2.75) is 33.5 Å². The van der Waals surface area contributed by atoms with Crippen LogP contribution in [0.25, 0.3) is 0 Å². The predicted octanol–water partition coefficient (Wildman–Crippen LogP) is 3.09. The summed E-state index contributed by atoms with van der Waals surface area (Å²) in [6.07, 6.45) is -4.66. The Bertz CT molecular complexity index is 556. The summed E-state index contributed by atoms with van der Waals surface area (Å²) in [4.78, 5) is 24.9. The second-order valence-electron chi connectivity index (χ2n) is 5.70. The highest BCUT2D eigenvalue weighted by molar-refractivity contribution is 6.32. The highest BCUT2D eigenvalue weighted by Gasteiger charge is 2.32. The van der Waals surface area contributed by atoms with Gasteiger partial charge in [-0.05, 0) is 24.0 Å². The first-order chi connectivity index (χ1) is 10.6. The minimum atomic E-state index is -4.66. The largest absolute Gasteiger partial charge is 0.449 e. The van der Waals surface area contributed by atoms with Crippen LogP contribution < -0.4 is 0 Å². The van der Waals surface area contributed by atoms with E-state index in [4.69, 9.17) is 0 Å². The second-order valence-corrected chi connectivity index (χ2v) is 5.70. The summed E-state index contributed by atoms with van der Waals surface area (Å²) in [6.45, 7) is 4.17. The molecule has 1 amide bonds. The molecule has 23 heavy (non-hydrogen) atoms.